The number of benzene rings is 2. The Kier molecular flexibility index (Phi) is 6.26. The van der Waals surface area contributed by atoms with Crippen molar-refractivity contribution in [1.82, 2.24) is 9.97 Å². The molecule has 0 amide bonds. The van der Waals surface area contributed by atoms with Crippen LogP contribution in [0.3, 0.4) is 0 Å². The second-order valence-corrected chi connectivity index (χ2v) is 7.03. The van der Waals surface area contributed by atoms with Gasteiger partial charge >= 0.3 is 6.36 Å². The van der Waals surface area contributed by atoms with E-state index < -0.39 is 6.36 Å². The Morgan fingerprint density at radius 3 is 2.55 bits per heavy atom. The minimum Gasteiger partial charge on any atom is -0.406 e. The normalized spacial score (nSPS) is 11.2. The second-order valence-electron chi connectivity index (χ2n) is 6.18. The molecule has 0 aliphatic heterocycles. The summed E-state index contributed by atoms with van der Waals surface area (Å²) < 4.78 is 42.5. The van der Waals surface area contributed by atoms with Gasteiger partial charge in [0.25, 0.3) is 0 Å². The SMILES string of the molecule is CCNc1nc(Nc2ccc(C)cc2Br)cc(-c2cccc(OC(F)(F)F)c2)n1. The number of rotatable bonds is 6. The molecule has 0 saturated carbocycles. The number of aryl methyl sites for hydroxylation is 1. The lowest BCUT2D eigenvalue weighted by atomic mass is 10.1. The zero-order valence-electron chi connectivity index (χ0n) is 15.6. The molecule has 29 heavy (non-hydrogen) atoms. The number of hydrogen-bond acceptors (Lipinski definition) is 5. The van der Waals surface area contributed by atoms with Crippen molar-refractivity contribution >= 4 is 33.4 Å². The number of alkyl halides is 3. The predicted octanol–water partition coefficient (Wildman–Crippen LogP) is 6.29. The van der Waals surface area contributed by atoms with E-state index in [1.54, 1.807) is 12.1 Å². The van der Waals surface area contributed by atoms with Crippen LogP contribution in [0, 0.1) is 6.92 Å². The third kappa shape index (κ3) is 5.83. The van der Waals surface area contributed by atoms with E-state index in [1.807, 2.05) is 32.0 Å². The maximum Gasteiger partial charge on any atom is 0.573 e. The fourth-order valence-corrected chi connectivity index (χ4v) is 3.20. The molecule has 0 aliphatic rings. The lowest BCUT2D eigenvalue weighted by Crippen LogP contribution is -2.17. The molecule has 0 unspecified atom stereocenters. The molecule has 0 fully saturated rings. The highest BCUT2D eigenvalue weighted by Gasteiger charge is 2.31. The van der Waals surface area contributed by atoms with Crippen LogP contribution in [0.5, 0.6) is 5.75 Å². The molecule has 3 aromatic rings. The van der Waals surface area contributed by atoms with Crippen molar-refractivity contribution in [2.24, 2.45) is 0 Å². The van der Waals surface area contributed by atoms with Crippen LogP contribution >= 0.6 is 15.9 Å². The van der Waals surface area contributed by atoms with E-state index in [-0.39, 0.29) is 5.75 Å². The quantitative estimate of drug-likeness (QED) is 0.447. The molecule has 2 N–H and O–H groups in total. The summed E-state index contributed by atoms with van der Waals surface area (Å²) >= 11 is 3.51. The molecular formula is C20H18BrF3N4O. The van der Waals surface area contributed by atoms with Gasteiger partial charge in [-0.3, -0.25) is 0 Å². The smallest absolute Gasteiger partial charge is 0.406 e. The van der Waals surface area contributed by atoms with Crippen LogP contribution in [0.4, 0.5) is 30.6 Å². The van der Waals surface area contributed by atoms with Crippen molar-refractivity contribution in [2.75, 3.05) is 17.2 Å². The van der Waals surface area contributed by atoms with Crippen molar-refractivity contribution in [3.05, 3.63) is 58.6 Å². The van der Waals surface area contributed by atoms with E-state index in [9.17, 15) is 13.2 Å². The molecule has 2 aromatic carbocycles. The molecule has 0 radical (unpaired) electrons. The van der Waals surface area contributed by atoms with Crippen LogP contribution in [-0.4, -0.2) is 22.9 Å². The third-order valence-corrected chi connectivity index (χ3v) is 4.47. The molecule has 0 bridgehead atoms. The number of ether oxygens (including phenoxy) is 1. The van der Waals surface area contributed by atoms with Gasteiger partial charge in [0.2, 0.25) is 5.95 Å². The predicted molar refractivity (Wildman–Crippen MR) is 110 cm³/mol. The molecule has 152 valence electrons. The van der Waals surface area contributed by atoms with Gasteiger partial charge in [0.15, 0.2) is 0 Å². The minimum absolute atomic E-state index is 0.311. The van der Waals surface area contributed by atoms with Crippen LogP contribution in [0.15, 0.2) is 53.0 Å². The van der Waals surface area contributed by atoms with E-state index in [1.165, 1.54) is 18.2 Å². The topological polar surface area (TPSA) is 59.1 Å². The first-order valence-corrected chi connectivity index (χ1v) is 9.55. The van der Waals surface area contributed by atoms with Crippen molar-refractivity contribution in [2.45, 2.75) is 20.2 Å². The zero-order valence-corrected chi connectivity index (χ0v) is 17.2. The summed E-state index contributed by atoms with van der Waals surface area (Å²) in [4.78, 5) is 8.82. The molecule has 5 nitrogen and oxygen atoms in total. The average molecular weight is 467 g/mol. The maximum atomic E-state index is 12.5. The summed E-state index contributed by atoms with van der Waals surface area (Å²) in [7, 11) is 0. The molecule has 9 heteroatoms. The molecular weight excluding hydrogens is 449 g/mol. The first kappa shape index (κ1) is 20.9. The number of nitrogens with one attached hydrogen (secondary N) is 2. The van der Waals surface area contributed by atoms with E-state index in [2.05, 4.69) is 41.3 Å². The van der Waals surface area contributed by atoms with Crippen LogP contribution in [0.1, 0.15) is 12.5 Å². The van der Waals surface area contributed by atoms with E-state index in [0.29, 0.717) is 29.6 Å². The van der Waals surface area contributed by atoms with Crippen molar-refractivity contribution in [1.29, 1.82) is 0 Å². The number of aromatic nitrogens is 2. The second kappa shape index (κ2) is 8.69. The standard InChI is InChI=1S/C20H18BrF3N4O/c1-3-25-19-27-17(13-5-4-6-14(10-13)29-20(22,23)24)11-18(28-19)26-16-8-7-12(2)9-15(16)21/h4-11H,3H2,1-2H3,(H2,25,26,27,28). The summed E-state index contributed by atoms with van der Waals surface area (Å²) in [5, 5.41) is 6.25. The van der Waals surface area contributed by atoms with Crippen LogP contribution < -0.4 is 15.4 Å². The van der Waals surface area contributed by atoms with Gasteiger partial charge in [-0.05, 0) is 59.6 Å². The van der Waals surface area contributed by atoms with Gasteiger partial charge < -0.3 is 15.4 Å². The van der Waals surface area contributed by atoms with Gasteiger partial charge in [0, 0.05) is 22.6 Å². The summed E-state index contributed by atoms with van der Waals surface area (Å²) in [6, 6.07) is 13.2. The first-order valence-electron chi connectivity index (χ1n) is 8.76. The summed E-state index contributed by atoms with van der Waals surface area (Å²) in [6.07, 6.45) is -4.76. The van der Waals surface area contributed by atoms with Crippen LogP contribution in [0.2, 0.25) is 0 Å². The monoisotopic (exact) mass is 466 g/mol. The van der Waals surface area contributed by atoms with Crippen molar-refractivity contribution in [3.8, 4) is 17.0 Å². The Hall–Kier alpha value is -2.81. The number of anilines is 3. The van der Waals surface area contributed by atoms with E-state index in [0.717, 1.165) is 15.7 Å². The van der Waals surface area contributed by atoms with Crippen LogP contribution in [0.25, 0.3) is 11.3 Å². The highest BCUT2D eigenvalue weighted by atomic mass is 79.9. The lowest BCUT2D eigenvalue weighted by molar-refractivity contribution is -0.274. The molecule has 1 heterocycles. The van der Waals surface area contributed by atoms with Gasteiger partial charge in [-0.15, -0.1) is 13.2 Å². The van der Waals surface area contributed by atoms with Gasteiger partial charge in [-0.2, -0.15) is 4.98 Å². The summed E-state index contributed by atoms with van der Waals surface area (Å²) in [5.74, 6) is 0.546. The number of halogens is 4. The maximum absolute atomic E-state index is 12.5. The fraction of sp³-hybridized carbons (Fsp3) is 0.200. The van der Waals surface area contributed by atoms with Crippen molar-refractivity contribution < 1.29 is 17.9 Å². The molecule has 0 aliphatic carbocycles. The fourth-order valence-electron chi connectivity index (χ4n) is 2.61. The largest absolute Gasteiger partial charge is 0.573 e. The Balaban J connectivity index is 1.98. The third-order valence-electron chi connectivity index (χ3n) is 3.81. The lowest BCUT2D eigenvalue weighted by Gasteiger charge is -2.13. The molecule has 0 spiro atoms. The number of nitrogens with zero attached hydrogens (tertiary/aromatic N) is 2. The van der Waals surface area contributed by atoms with Gasteiger partial charge in [0.05, 0.1) is 11.4 Å². The minimum atomic E-state index is -4.76. The van der Waals surface area contributed by atoms with E-state index >= 15 is 0 Å². The van der Waals surface area contributed by atoms with Crippen LogP contribution in [-0.2, 0) is 0 Å². The summed E-state index contributed by atoms with van der Waals surface area (Å²) in [6.45, 7) is 4.47. The van der Waals surface area contributed by atoms with Crippen molar-refractivity contribution in [3.63, 3.8) is 0 Å². The highest BCUT2D eigenvalue weighted by Crippen LogP contribution is 2.31. The summed E-state index contributed by atoms with van der Waals surface area (Å²) in [5.41, 5.74) is 2.83. The first-order chi connectivity index (χ1) is 13.7. The van der Waals surface area contributed by atoms with E-state index in [4.69, 9.17) is 0 Å². The average Bonchev–Trinajstić information content (AvgIpc) is 2.63. The molecule has 3 rings (SSSR count). The highest BCUT2D eigenvalue weighted by molar-refractivity contribution is 9.10. The Bertz CT molecular complexity index is 1010. The van der Waals surface area contributed by atoms with Gasteiger partial charge in [-0.25, -0.2) is 4.98 Å². The Morgan fingerprint density at radius 1 is 1.07 bits per heavy atom. The molecule has 0 atom stereocenters. The molecule has 0 saturated heterocycles. The van der Waals surface area contributed by atoms with Gasteiger partial charge in [0.1, 0.15) is 11.6 Å². The van der Waals surface area contributed by atoms with Gasteiger partial charge in [-0.1, -0.05) is 18.2 Å². The zero-order chi connectivity index (χ0) is 21.0. The Labute approximate surface area is 174 Å². The number of hydrogen-bond donors (Lipinski definition) is 2. The molecule has 1 aromatic heterocycles. The Morgan fingerprint density at radius 2 is 1.86 bits per heavy atom.